The van der Waals surface area contributed by atoms with Gasteiger partial charge in [0.2, 0.25) is 0 Å². The van der Waals surface area contributed by atoms with Gasteiger partial charge in [-0.1, -0.05) is 25.7 Å². The van der Waals surface area contributed by atoms with Gasteiger partial charge in [-0.15, -0.1) is 0 Å². The molecular weight excluding hydrogens is 184 g/mol. The Kier molecular flexibility index (Phi) is 4.45. The van der Waals surface area contributed by atoms with Gasteiger partial charge in [0.25, 0.3) is 0 Å². The minimum atomic E-state index is 0.711. The van der Waals surface area contributed by atoms with Crippen LogP contribution in [0.4, 0.5) is 0 Å². The Morgan fingerprint density at radius 2 is 1.80 bits per heavy atom. The van der Waals surface area contributed by atoms with E-state index in [0.29, 0.717) is 6.04 Å². The molecule has 0 radical (unpaired) electrons. The molecule has 1 heterocycles. The van der Waals surface area contributed by atoms with Crippen molar-refractivity contribution in [1.82, 2.24) is 10.6 Å². The summed E-state index contributed by atoms with van der Waals surface area (Å²) in [6.45, 7) is 4.82. The maximum atomic E-state index is 3.86. The van der Waals surface area contributed by atoms with Crippen LogP contribution in [-0.4, -0.2) is 25.2 Å². The first-order valence-corrected chi connectivity index (χ1v) is 6.83. The normalized spacial score (nSPS) is 31.4. The molecule has 0 aromatic rings. The predicted octanol–water partition coefficient (Wildman–Crippen LogP) is 2.30. The topological polar surface area (TPSA) is 24.1 Å². The maximum Gasteiger partial charge on any atom is 0.00821 e. The molecule has 2 heteroatoms. The minimum Gasteiger partial charge on any atom is -0.316 e. The summed E-state index contributed by atoms with van der Waals surface area (Å²) >= 11 is 0. The van der Waals surface area contributed by atoms with Crippen molar-refractivity contribution in [2.45, 2.75) is 64.0 Å². The second kappa shape index (κ2) is 5.86. The number of rotatable bonds is 3. The molecule has 2 aliphatic rings. The molecule has 1 aliphatic heterocycles. The van der Waals surface area contributed by atoms with E-state index >= 15 is 0 Å². The highest BCUT2D eigenvalue weighted by Gasteiger charge is 2.23. The van der Waals surface area contributed by atoms with E-state index in [1.54, 1.807) is 0 Å². The van der Waals surface area contributed by atoms with Crippen LogP contribution in [0.15, 0.2) is 0 Å². The summed E-state index contributed by atoms with van der Waals surface area (Å²) < 4.78 is 0. The third kappa shape index (κ3) is 3.46. The van der Waals surface area contributed by atoms with Gasteiger partial charge in [-0.25, -0.2) is 0 Å². The van der Waals surface area contributed by atoms with Crippen LogP contribution >= 0.6 is 0 Å². The van der Waals surface area contributed by atoms with Crippen molar-refractivity contribution in [3.63, 3.8) is 0 Å². The average molecular weight is 210 g/mol. The fourth-order valence-electron chi connectivity index (χ4n) is 3.06. The zero-order valence-electron chi connectivity index (χ0n) is 10.1. The molecule has 0 amide bonds. The van der Waals surface area contributed by atoms with Gasteiger partial charge >= 0.3 is 0 Å². The first-order chi connectivity index (χ1) is 7.36. The maximum absolute atomic E-state index is 3.86. The van der Waals surface area contributed by atoms with E-state index in [0.717, 1.165) is 12.0 Å². The van der Waals surface area contributed by atoms with E-state index in [4.69, 9.17) is 0 Å². The van der Waals surface area contributed by atoms with Crippen LogP contribution in [0.1, 0.15) is 51.9 Å². The lowest BCUT2D eigenvalue weighted by atomic mass is 9.98. The molecule has 2 unspecified atom stereocenters. The summed E-state index contributed by atoms with van der Waals surface area (Å²) in [4.78, 5) is 0. The van der Waals surface area contributed by atoms with E-state index in [2.05, 4.69) is 17.6 Å². The Balaban J connectivity index is 1.73. The first kappa shape index (κ1) is 11.4. The van der Waals surface area contributed by atoms with E-state index < -0.39 is 0 Å². The molecule has 0 bridgehead atoms. The highest BCUT2D eigenvalue weighted by atomic mass is 15.0. The molecule has 2 nitrogen and oxygen atoms in total. The zero-order chi connectivity index (χ0) is 10.5. The lowest BCUT2D eigenvalue weighted by molar-refractivity contribution is 0.334. The largest absolute Gasteiger partial charge is 0.316 e. The Hall–Kier alpha value is -0.0800. The highest BCUT2D eigenvalue weighted by Crippen LogP contribution is 2.20. The standard InChI is InChI=1S/C13H26N2/c1-11(12-8-9-14-10-12)15-13-6-4-2-3-5-7-13/h11-15H,2-10H2,1H3. The molecule has 15 heavy (non-hydrogen) atoms. The summed E-state index contributed by atoms with van der Waals surface area (Å²) in [5.41, 5.74) is 0. The molecule has 0 aromatic carbocycles. The molecule has 0 aromatic heterocycles. The third-order valence-corrected chi connectivity index (χ3v) is 4.16. The lowest BCUT2D eigenvalue weighted by Gasteiger charge is -2.26. The number of hydrogen-bond donors (Lipinski definition) is 2. The second-order valence-corrected chi connectivity index (χ2v) is 5.40. The third-order valence-electron chi connectivity index (χ3n) is 4.16. The molecule has 1 saturated heterocycles. The van der Waals surface area contributed by atoms with Crippen molar-refractivity contribution in [3.8, 4) is 0 Å². The van der Waals surface area contributed by atoms with Gasteiger partial charge in [0.1, 0.15) is 0 Å². The Morgan fingerprint density at radius 3 is 2.40 bits per heavy atom. The SMILES string of the molecule is CC(NC1CCCCCC1)C1CCNC1. The monoisotopic (exact) mass is 210 g/mol. The molecule has 0 spiro atoms. The van der Waals surface area contributed by atoms with E-state index in [1.807, 2.05) is 0 Å². The second-order valence-electron chi connectivity index (χ2n) is 5.40. The summed E-state index contributed by atoms with van der Waals surface area (Å²) in [6, 6.07) is 1.52. The van der Waals surface area contributed by atoms with Gasteiger partial charge in [-0.3, -0.25) is 0 Å². The fraction of sp³-hybridized carbons (Fsp3) is 1.00. The van der Waals surface area contributed by atoms with Crippen molar-refractivity contribution in [1.29, 1.82) is 0 Å². The van der Waals surface area contributed by atoms with Crippen LogP contribution in [-0.2, 0) is 0 Å². The van der Waals surface area contributed by atoms with Crippen molar-refractivity contribution in [3.05, 3.63) is 0 Å². The summed E-state index contributed by atoms with van der Waals surface area (Å²) in [7, 11) is 0. The molecule has 88 valence electrons. The minimum absolute atomic E-state index is 0.711. The van der Waals surface area contributed by atoms with Crippen LogP contribution in [0.3, 0.4) is 0 Å². The van der Waals surface area contributed by atoms with Crippen molar-refractivity contribution in [2.24, 2.45) is 5.92 Å². The quantitative estimate of drug-likeness (QED) is 0.698. The van der Waals surface area contributed by atoms with Crippen molar-refractivity contribution in [2.75, 3.05) is 13.1 Å². The van der Waals surface area contributed by atoms with Crippen molar-refractivity contribution < 1.29 is 0 Å². The number of nitrogens with one attached hydrogen (secondary N) is 2. The van der Waals surface area contributed by atoms with Crippen LogP contribution in [0.25, 0.3) is 0 Å². The van der Waals surface area contributed by atoms with Gasteiger partial charge < -0.3 is 10.6 Å². The lowest BCUT2D eigenvalue weighted by Crippen LogP contribution is -2.41. The molecular formula is C13H26N2. The van der Waals surface area contributed by atoms with E-state index in [1.165, 1.54) is 58.0 Å². The smallest absolute Gasteiger partial charge is 0.00821 e. The van der Waals surface area contributed by atoms with E-state index in [-0.39, 0.29) is 0 Å². The van der Waals surface area contributed by atoms with E-state index in [9.17, 15) is 0 Å². The summed E-state index contributed by atoms with van der Waals surface area (Å²) in [6.07, 6.45) is 9.96. The predicted molar refractivity (Wildman–Crippen MR) is 65.1 cm³/mol. The van der Waals surface area contributed by atoms with Crippen LogP contribution in [0, 0.1) is 5.92 Å². The first-order valence-electron chi connectivity index (χ1n) is 6.83. The van der Waals surface area contributed by atoms with Crippen LogP contribution in [0.5, 0.6) is 0 Å². The molecule has 2 atom stereocenters. The Labute approximate surface area is 94.2 Å². The molecule has 2 fully saturated rings. The average Bonchev–Trinajstić information content (AvgIpc) is 2.65. The van der Waals surface area contributed by atoms with Crippen molar-refractivity contribution >= 4 is 0 Å². The van der Waals surface area contributed by atoms with Gasteiger partial charge in [-0.2, -0.15) is 0 Å². The van der Waals surface area contributed by atoms with Crippen LogP contribution < -0.4 is 10.6 Å². The van der Waals surface area contributed by atoms with Crippen LogP contribution in [0.2, 0.25) is 0 Å². The summed E-state index contributed by atoms with van der Waals surface area (Å²) in [5.74, 6) is 0.869. The van der Waals surface area contributed by atoms with Gasteiger partial charge in [-0.05, 0) is 45.2 Å². The van der Waals surface area contributed by atoms with Gasteiger partial charge in [0.15, 0.2) is 0 Å². The Morgan fingerprint density at radius 1 is 1.07 bits per heavy atom. The molecule has 2 N–H and O–H groups in total. The number of hydrogen-bond acceptors (Lipinski definition) is 2. The molecule has 2 rings (SSSR count). The Bertz CT molecular complexity index is 167. The molecule has 1 saturated carbocycles. The van der Waals surface area contributed by atoms with Gasteiger partial charge in [0, 0.05) is 12.1 Å². The highest BCUT2D eigenvalue weighted by molar-refractivity contribution is 4.83. The summed E-state index contributed by atoms with van der Waals surface area (Å²) in [5, 5.41) is 7.32. The van der Waals surface area contributed by atoms with Gasteiger partial charge in [0.05, 0.1) is 0 Å². The zero-order valence-corrected chi connectivity index (χ0v) is 10.1. The fourth-order valence-corrected chi connectivity index (χ4v) is 3.06. The molecule has 1 aliphatic carbocycles.